The van der Waals surface area contributed by atoms with Crippen LogP contribution < -0.4 is 5.32 Å². The Morgan fingerprint density at radius 2 is 1.89 bits per heavy atom. The average molecular weight is 390 g/mol. The lowest BCUT2D eigenvalue weighted by Gasteiger charge is -2.51. The SMILES string of the molecule is COC(=O)[C@H](Cc1ccc([N+](=O)[O-])cc1)NC(=O)C[C@@H]1C[C@H](C(C)=O)C1(C)C. The third kappa shape index (κ3) is 4.74. The van der Waals surface area contributed by atoms with Crippen LogP contribution in [0.5, 0.6) is 0 Å². The lowest BCUT2D eigenvalue weighted by molar-refractivity contribution is -0.384. The molecule has 0 heterocycles. The number of amides is 1. The van der Waals surface area contributed by atoms with Gasteiger partial charge in [-0.2, -0.15) is 0 Å². The Morgan fingerprint density at radius 1 is 1.29 bits per heavy atom. The van der Waals surface area contributed by atoms with Gasteiger partial charge in [0.1, 0.15) is 11.8 Å². The molecule has 28 heavy (non-hydrogen) atoms. The van der Waals surface area contributed by atoms with Crippen LogP contribution in [0.25, 0.3) is 0 Å². The summed E-state index contributed by atoms with van der Waals surface area (Å²) >= 11 is 0. The van der Waals surface area contributed by atoms with E-state index in [1.807, 2.05) is 13.8 Å². The molecule has 8 heteroatoms. The first kappa shape index (κ1) is 21.5. The highest BCUT2D eigenvalue weighted by atomic mass is 16.6. The summed E-state index contributed by atoms with van der Waals surface area (Å²) < 4.78 is 4.78. The van der Waals surface area contributed by atoms with Gasteiger partial charge in [-0.05, 0) is 30.2 Å². The number of non-ortho nitro benzene ring substituents is 1. The number of hydrogen-bond acceptors (Lipinski definition) is 6. The molecule has 1 fully saturated rings. The number of nitro benzene ring substituents is 1. The van der Waals surface area contributed by atoms with Gasteiger partial charge in [-0.1, -0.05) is 26.0 Å². The number of nitro groups is 1. The summed E-state index contributed by atoms with van der Waals surface area (Å²) in [5.74, 6) is -0.702. The Kier molecular flexibility index (Phi) is 6.53. The molecule has 3 atom stereocenters. The Morgan fingerprint density at radius 3 is 2.36 bits per heavy atom. The van der Waals surface area contributed by atoms with E-state index in [4.69, 9.17) is 4.74 Å². The number of ether oxygens (including phenoxy) is 1. The largest absolute Gasteiger partial charge is 0.467 e. The summed E-state index contributed by atoms with van der Waals surface area (Å²) in [5, 5.41) is 13.4. The van der Waals surface area contributed by atoms with Crippen molar-refractivity contribution in [2.45, 2.75) is 46.1 Å². The van der Waals surface area contributed by atoms with Gasteiger partial charge in [0.05, 0.1) is 12.0 Å². The smallest absolute Gasteiger partial charge is 0.328 e. The summed E-state index contributed by atoms with van der Waals surface area (Å²) in [6, 6.07) is 4.92. The Balaban J connectivity index is 2.00. The van der Waals surface area contributed by atoms with E-state index in [1.54, 1.807) is 19.1 Å². The van der Waals surface area contributed by atoms with Crippen molar-refractivity contribution in [3.05, 3.63) is 39.9 Å². The van der Waals surface area contributed by atoms with Crippen LogP contribution in [0.1, 0.15) is 39.2 Å². The molecular weight excluding hydrogens is 364 g/mol. The van der Waals surface area contributed by atoms with Gasteiger partial charge in [0, 0.05) is 30.9 Å². The van der Waals surface area contributed by atoms with Crippen LogP contribution in [0.2, 0.25) is 0 Å². The maximum Gasteiger partial charge on any atom is 0.328 e. The van der Waals surface area contributed by atoms with E-state index in [9.17, 15) is 24.5 Å². The number of methoxy groups -OCH3 is 1. The monoisotopic (exact) mass is 390 g/mol. The molecule has 0 aliphatic heterocycles. The van der Waals surface area contributed by atoms with Gasteiger partial charge in [-0.25, -0.2) is 4.79 Å². The van der Waals surface area contributed by atoms with Crippen molar-refractivity contribution >= 4 is 23.3 Å². The molecule has 0 saturated heterocycles. The first-order chi connectivity index (χ1) is 13.1. The van der Waals surface area contributed by atoms with Gasteiger partial charge in [0.25, 0.3) is 5.69 Å². The molecule has 1 aromatic rings. The molecule has 1 aliphatic rings. The highest BCUT2D eigenvalue weighted by Gasteiger charge is 2.50. The van der Waals surface area contributed by atoms with Crippen LogP contribution in [-0.2, 0) is 25.5 Å². The molecular formula is C20H26N2O6. The first-order valence-electron chi connectivity index (χ1n) is 9.17. The lowest BCUT2D eigenvalue weighted by atomic mass is 9.52. The van der Waals surface area contributed by atoms with Crippen molar-refractivity contribution in [3.63, 3.8) is 0 Å². The molecule has 152 valence electrons. The lowest BCUT2D eigenvalue weighted by Crippen LogP contribution is -2.51. The minimum Gasteiger partial charge on any atom is -0.467 e. The Bertz CT molecular complexity index is 771. The second-order valence-corrected chi connectivity index (χ2v) is 7.89. The molecule has 1 N–H and O–H groups in total. The fourth-order valence-electron chi connectivity index (χ4n) is 3.85. The van der Waals surface area contributed by atoms with Crippen LogP contribution in [0.3, 0.4) is 0 Å². The summed E-state index contributed by atoms with van der Waals surface area (Å²) in [5.41, 5.74) is 0.374. The average Bonchev–Trinajstić information content (AvgIpc) is 2.63. The number of rotatable bonds is 8. The summed E-state index contributed by atoms with van der Waals surface area (Å²) in [6.07, 6.45) is 1.06. The van der Waals surface area contributed by atoms with E-state index in [-0.39, 0.29) is 47.5 Å². The predicted molar refractivity (Wildman–Crippen MR) is 101 cm³/mol. The second kappa shape index (κ2) is 8.50. The molecule has 2 rings (SSSR count). The molecule has 0 radical (unpaired) electrons. The zero-order valence-electron chi connectivity index (χ0n) is 16.6. The zero-order chi connectivity index (χ0) is 21.1. The first-order valence-corrected chi connectivity index (χ1v) is 9.17. The summed E-state index contributed by atoms with van der Waals surface area (Å²) in [6.45, 7) is 5.53. The number of nitrogens with one attached hydrogen (secondary N) is 1. The number of Topliss-reactive ketones (excluding diaryl/α,β-unsaturated/α-hetero) is 1. The van der Waals surface area contributed by atoms with E-state index < -0.39 is 16.9 Å². The number of esters is 1. The summed E-state index contributed by atoms with van der Waals surface area (Å²) in [7, 11) is 1.24. The van der Waals surface area contributed by atoms with E-state index in [0.717, 1.165) is 0 Å². The van der Waals surface area contributed by atoms with E-state index >= 15 is 0 Å². The van der Waals surface area contributed by atoms with Crippen LogP contribution in [-0.4, -0.2) is 35.7 Å². The van der Waals surface area contributed by atoms with Gasteiger partial charge >= 0.3 is 5.97 Å². The Hall–Kier alpha value is -2.77. The van der Waals surface area contributed by atoms with Gasteiger partial charge in [0.2, 0.25) is 5.91 Å². The number of ketones is 1. The Labute approximate surface area is 163 Å². The third-order valence-corrected chi connectivity index (χ3v) is 5.80. The minimum atomic E-state index is -0.884. The fourth-order valence-corrected chi connectivity index (χ4v) is 3.85. The second-order valence-electron chi connectivity index (χ2n) is 7.89. The number of benzene rings is 1. The van der Waals surface area contributed by atoms with Crippen LogP contribution in [0, 0.1) is 27.4 Å². The van der Waals surface area contributed by atoms with Crippen molar-refractivity contribution in [2.75, 3.05) is 7.11 Å². The molecule has 1 aliphatic carbocycles. The molecule has 0 unspecified atom stereocenters. The predicted octanol–water partition coefficient (Wildman–Crippen LogP) is 2.44. The highest BCUT2D eigenvalue weighted by Crippen LogP contribution is 2.53. The molecule has 1 saturated carbocycles. The van der Waals surface area contributed by atoms with E-state index in [1.165, 1.54) is 19.2 Å². The van der Waals surface area contributed by atoms with Crippen LogP contribution >= 0.6 is 0 Å². The molecule has 0 spiro atoms. The van der Waals surface area contributed by atoms with Gasteiger partial charge < -0.3 is 10.1 Å². The van der Waals surface area contributed by atoms with Crippen molar-refractivity contribution in [2.24, 2.45) is 17.3 Å². The maximum absolute atomic E-state index is 12.5. The van der Waals surface area contributed by atoms with Crippen molar-refractivity contribution in [1.82, 2.24) is 5.32 Å². The summed E-state index contributed by atoms with van der Waals surface area (Å²) in [4.78, 5) is 46.4. The van der Waals surface area contributed by atoms with Crippen LogP contribution in [0.15, 0.2) is 24.3 Å². The molecule has 1 aromatic carbocycles. The maximum atomic E-state index is 12.5. The molecule has 0 aromatic heterocycles. The highest BCUT2D eigenvalue weighted by molar-refractivity contribution is 5.85. The number of nitrogens with zero attached hydrogens (tertiary/aromatic N) is 1. The van der Waals surface area contributed by atoms with Crippen LogP contribution in [0.4, 0.5) is 5.69 Å². The van der Waals surface area contributed by atoms with Gasteiger partial charge in [-0.15, -0.1) is 0 Å². The molecule has 0 bridgehead atoms. The normalized spacial score (nSPS) is 21.1. The topological polar surface area (TPSA) is 116 Å². The zero-order valence-corrected chi connectivity index (χ0v) is 16.6. The number of carbonyl (C=O) groups is 3. The molecule has 8 nitrogen and oxygen atoms in total. The van der Waals surface area contributed by atoms with Crippen molar-refractivity contribution in [1.29, 1.82) is 0 Å². The van der Waals surface area contributed by atoms with Gasteiger partial charge in [0.15, 0.2) is 0 Å². The number of carbonyl (C=O) groups excluding carboxylic acids is 3. The van der Waals surface area contributed by atoms with Crippen molar-refractivity contribution in [3.8, 4) is 0 Å². The standard InChI is InChI=1S/C20H26N2O6/c1-12(23)16-10-14(20(16,2)3)11-18(24)21-17(19(25)28-4)9-13-5-7-15(8-6-13)22(26)27/h5-8,14,16-17H,9-11H2,1-4H3,(H,21,24)/t14-,16+,17-/m0/s1. The van der Waals surface area contributed by atoms with E-state index in [0.29, 0.717) is 12.0 Å². The minimum absolute atomic E-state index is 0.0400. The number of hydrogen-bond donors (Lipinski definition) is 1. The quantitative estimate of drug-likeness (QED) is 0.414. The van der Waals surface area contributed by atoms with E-state index in [2.05, 4.69) is 5.32 Å². The third-order valence-electron chi connectivity index (χ3n) is 5.80. The van der Waals surface area contributed by atoms with Gasteiger partial charge in [-0.3, -0.25) is 19.7 Å². The molecule has 1 amide bonds. The van der Waals surface area contributed by atoms with Crippen molar-refractivity contribution < 1.29 is 24.0 Å². The fraction of sp³-hybridized carbons (Fsp3) is 0.550.